The van der Waals surface area contributed by atoms with Crippen molar-refractivity contribution in [3.05, 3.63) is 46.5 Å². The molecule has 0 saturated carbocycles. The molecule has 2 N–H and O–H groups in total. The molecule has 0 aliphatic carbocycles. The lowest BCUT2D eigenvalue weighted by atomic mass is 9.91. The van der Waals surface area contributed by atoms with E-state index in [1.807, 2.05) is 31.1 Å². The van der Waals surface area contributed by atoms with Gasteiger partial charge in [-0.1, -0.05) is 12.1 Å². The molecule has 1 aromatic carbocycles. The van der Waals surface area contributed by atoms with Gasteiger partial charge in [-0.15, -0.1) is 17.9 Å². The van der Waals surface area contributed by atoms with Crippen molar-refractivity contribution in [1.82, 2.24) is 10.3 Å². The van der Waals surface area contributed by atoms with Crippen LogP contribution in [-0.2, 0) is 17.8 Å². The average molecular weight is 373 g/mol. The molecule has 0 bridgehead atoms. The zero-order valence-corrected chi connectivity index (χ0v) is 16.0. The average Bonchev–Trinajstić information content (AvgIpc) is 2.98. The first-order valence-electron chi connectivity index (χ1n) is 8.38. The van der Waals surface area contributed by atoms with Crippen LogP contribution in [0, 0.1) is 0 Å². The molecule has 0 spiro atoms. The Morgan fingerprint density at radius 2 is 2.27 bits per heavy atom. The van der Waals surface area contributed by atoms with Gasteiger partial charge >= 0.3 is 0 Å². The molecule has 1 aromatic heterocycles. The highest BCUT2D eigenvalue weighted by Crippen LogP contribution is 2.42. The number of aromatic hydroxyl groups is 1. The lowest BCUT2D eigenvalue weighted by Gasteiger charge is -2.18. The normalized spacial score (nSPS) is 16.4. The number of aromatic nitrogens is 1. The van der Waals surface area contributed by atoms with Gasteiger partial charge in [0.05, 0.1) is 19.3 Å². The van der Waals surface area contributed by atoms with Crippen molar-refractivity contribution in [1.29, 1.82) is 0 Å². The fraction of sp³-hybridized carbons (Fsp3) is 0.368. The minimum Gasteiger partial charge on any atom is -0.504 e. The minimum absolute atomic E-state index is 0.0103. The van der Waals surface area contributed by atoms with Gasteiger partial charge in [-0.25, -0.2) is 4.98 Å². The summed E-state index contributed by atoms with van der Waals surface area (Å²) in [5.74, 6) is 0.385. The number of carbonyl (C=O) groups is 1. The van der Waals surface area contributed by atoms with Crippen LogP contribution in [0.25, 0.3) is 0 Å². The van der Waals surface area contributed by atoms with E-state index in [-0.39, 0.29) is 17.6 Å². The van der Waals surface area contributed by atoms with E-state index in [1.54, 1.807) is 17.4 Å². The number of ether oxygens (including phenoxy) is 1. The highest BCUT2D eigenvalue weighted by atomic mass is 32.1. The fourth-order valence-corrected chi connectivity index (χ4v) is 4.23. The van der Waals surface area contributed by atoms with E-state index >= 15 is 0 Å². The highest BCUT2D eigenvalue weighted by Gasteiger charge is 2.29. The number of nitrogens with one attached hydrogen (secondary N) is 1. The molecular formula is C19H23N3O3S. The van der Waals surface area contributed by atoms with Gasteiger partial charge in [0, 0.05) is 36.9 Å². The van der Waals surface area contributed by atoms with Crippen LogP contribution in [-0.4, -0.2) is 37.2 Å². The van der Waals surface area contributed by atoms with Crippen molar-refractivity contribution in [3.63, 3.8) is 0 Å². The number of amides is 1. The van der Waals surface area contributed by atoms with Crippen LogP contribution in [0.3, 0.4) is 0 Å². The number of anilines is 1. The van der Waals surface area contributed by atoms with Crippen LogP contribution in [0.2, 0.25) is 0 Å². The van der Waals surface area contributed by atoms with Crippen molar-refractivity contribution in [2.24, 2.45) is 0 Å². The van der Waals surface area contributed by atoms with Gasteiger partial charge in [0.2, 0.25) is 5.91 Å². The summed E-state index contributed by atoms with van der Waals surface area (Å²) >= 11 is 1.60. The fourth-order valence-electron chi connectivity index (χ4n) is 3.10. The number of phenols is 1. The number of rotatable bonds is 5. The van der Waals surface area contributed by atoms with Gasteiger partial charge in [-0.3, -0.25) is 4.79 Å². The Morgan fingerprint density at radius 3 is 2.92 bits per heavy atom. The lowest BCUT2D eigenvalue weighted by Crippen LogP contribution is -2.21. The van der Waals surface area contributed by atoms with Gasteiger partial charge in [0.1, 0.15) is 0 Å². The number of methoxy groups -OCH3 is 1. The molecule has 1 amide bonds. The molecule has 138 valence electrons. The maximum absolute atomic E-state index is 12.2. The Morgan fingerprint density at radius 1 is 1.50 bits per heavy atom. The van der Waals surface area contributed by atoms with Crippen molar-refractivity contribution in [2.75, 3.05) is 26.1 Å². The Labute approximate surface area is 157 Å². The maximum atomic E-state index is 12.2. The second-order valence-electron chi connectivity index (χ2n) is 6.46. The highest BCUT2D eigenvalue weighted by molar-refractivity contribution is 7.15. The number of phenolic OH excluding ortho intramolecular Hbond substituents is 1. The number of allylic oxidation sites excluding steroid dienone is 1. The van der Waals surface area contributed by atoms with E-state index in [0.717, 1.165) is 26.8 Å². The number of thiazole rings is 1. The number of carbonyl (C=O) groups excluding carboxylic acids is 1. The van der Waals surface area contributed by atoms with E-state index in [4.69, 9.17) is 4.74 Å². The second kappa shape index (κ2) is 7.37. The summed E-state index contributed by atoms with van der Waals surface area (Å²) in [4.78, 5) is 20.0. The van der Waals surface area contributed by atoms with Crippen molar-refractivity contribution >= 4 is 22.4 Å². The molecule has 6 nitrogen and oxygen atoms in total. The van der Waals surface area contributed by atoms with E-state index < -0.39 is 0 Å². The summed E-state index contributed by atoms with van der Waals surface area (Å²) in [7, 11) is 5.44. The molecule has 0 unspecified atom stereocenters. The van der Waals surface area contributed by atoms with Crippen molar-refractivity contribution in [3.8, 4) is 11.5 Å². The summed E-state index contributed by atoms with van der Waals surface area (Å²) in [6.07, 6.45) is 2.59. The third kappa shape index (κ3) is 3.39. The van der Waals surface area contributed by atoms with Gasteiger partial charge in [0.25, 0.3) is 0 Å². The molecule has 1 aliphatic rings. The standard InChI is InChI=1S/C19H23N3O3S/c1-5-6-11-7-12(8-15(25-4)17(11)24)13-9-16(23)20-10-14-18(13)26-19(21-14)22(2)3/h5,7-8,13,24H,1,6,9-10H2,2-4H3,(H,20,23)/t13-/m1/s1. The third-order valence-electron chi connectivity index (χ3n) is 4.42. The molecule has 26 heavy (non-hydrogen) atoms. The smallest absolute Gasteiger partial charge is 0.221 e. The van der Waals surface area contributed by atoms with Crippen LogP contribution in [0.1, 0.15) is 34.0 Å². The SMILES string of the molecule is C=CCc1cc([C@H]2CC(=O)NCc3nc(N(C)C)sc32)cc(OC)c1O. The molecule has 2 heterocycles. The first-order chi connectivity index (χ1) is 12.4. The number of nitrogens with zero attached hydrogens (tertiary/aromatic N) is 2. The van der Waals surface area contributed by atoms with E-state index in [2.05, 4.69) is 16.9 Å². The number of hydrogen-bond acceptors (Lipinski definition) is 6. The predicted molar refractivity (Wildman–Crippen MR) is 103 cm³/mol. The van der Waals surface area contributed by atoms with Gasteiger partial charge in [-0.2, -0.15) is 0 Å². The molecule has 0 radical (unpaired) electrons. The molecule has 0 fully saturated rings. The lowest BCUT2D eigenvalue weighted by molar-refractivity contribution is -0.121. The maximum Gasteiger partial charge on any atom is 0.221 e. The van der Waals surface area contributed by atoms with Crippen LogP contribution in [0.15, 0.2) is 24.8 Å². The van der Waals surface area contributed by atoms with Crippen LogP contribution in [0.5, 0.6) is 11.5 Å². The first-order valence-corrected chi connectivity index (χ1v) is 9.20. The molecule has 3 rings (SSSR count). The van der Waals surface area contributed by atoms with Gasteiger partial charge in [-0.05, 0) is 18.1 Å². The van der Waals surface area contributed by atoms with Crippen LogP contribution in [0.4, 0.5) is 5.13 Å². The quantitative estimate of drug-likeness (QED) is 0.789. The predicted octanol–water partition coefficient (Wildman–Crippen LogP) is 2.80. The number of hydrogen-bond donors (Lipinski definition) is 2. The Bertz CT molecular complexity index is 845. The number of fused-ring (bicyclic) bond motifs is 1. The Hall–Kier alpha value is -2.54. The molecular weight excluding hydrogens is 350 g/mol. The zero-order valence-electron chi connectivity index (χ0n) is 15.2. The van der Waals surface area contributed by atoms with Gasteiger partial charge < -0.3 is 20.1 Å². The van der Waals surface area contributed by atoms with Crippen molar-refractivity contribution in [2.45, 2.75) is 25.3 Å². The summed E-state index contributed by atoms with van der Waals surface area (Å²) < 4.78 is 5.35. The number of benzene rings is 1. The third-order valence-corrected chi connectivity index (χ3v) is 5.80. The van der Waals surface area contributed by atoms with Crippen LogP contribution < -0.4 is 15.0 Å². The van der Waals surface area contributed by atoms with E-state index in [1.165, 1.54) is 7.11 Å². The topological polar surface area (TPSA) is 74.7 Å². The summed E-state index contributed by atoms with van der Waals surface area (Å²) in [6.45, 7) is 4.19. The summed E-state index contributed by atoms with van der Waals surface area (Å²) in [5.41, 5.74) is 2.56. The van der Waals surface area contributed by atoms with Crippen LogP contribution >= 0.6 is 11.3 Å². The van der Waals surface area contributed by atoms with Crippen molar-refractivity contribution < 1.29 is 14.6 Å². The second-order valence-corrected chi connectivity index (χ2v) is 7.47. The van der Waals surface area contributed by atoms with E-state index in [0.29, 0.717) is 25.1 Å². The molecule has 1 aliphatic heterocycles. The minimum atomic E-state index is -0.128. The molecule has 7 heteroatoms. The first kappa shape index (κ1) is 18.3. The van der Waals surface area contributed by atoms with E-state index in [9.17, 15) is 9.90 Å². The molecule has 2 aromatic rings. The Balaban J connectivity index is 2.14. The van der Waals surface area contributed by atoms with Gasteiger partial charge in [0.15, 0.2) is 16.6 Å². The monoisotopic (exact) mass is 373 g/mol. The molecule has 1 atom stereocenters. The zero-order chi connectivity index (χ0) is 18.8. The Kier molecular flexibility index (Phi) is 5.18. The summed E-state index contributed by atoms with van der Waals surface area (Å²) in [5, 5.41) is 14.2. The largest absolute Gasteiger partial charge is 0.504 e. The summed E-state index contributed by atoms with van der Waals surface area (Å²) in [6, 6.07) is 3.74. The molecule has 0 saturated heterocycles.